The van der Waals surface area contributed by atoms with Gasteiger partial charge in [-0.15, -0.1) is 0 Å². The number of rotatable bonds is 2. The quantitative estimate of drug-likeness (QED) is 0.837. The molecule has 0 fully saturated rings. The predicted octanol–water partition coefficient (Wildman–Crippen LogP) is 3.54. The van der Waals surface area contributed by atoms with Gasteiger partial charge < -0.3 is 0 Å². The van der Waals surface area contributed by atoms with Gasteiger partial charge in [-0.2, -0.15) is 0 Å². The fourth-order valence-electron chi connectivity index (χ4n) is 1.34. The van der Waals surface area contributed by atoms with Crippen LogP contribution in [-0.4, -0.2) is 14.2 Å². The molecule has 0 aliphatic heterocycles. The summed E-state index contributed by atoms with van der Waals surface area (Å²) in [6, 6.07) is 5.40. The van der Waals surface area contributed by atoms with Crippen LogP contribution in [0.5, 0.6) is 0 Å². The van der Waals surface area contributed by atoms with Gasteiger partial charge >= 0.3 is 0 Å². The molecule has 0 saturated carbocycles. The standard InChI is InChI=1S/C12H17BrO2S/c1-5-16(14,15)11-7-9(12(2,3)4)6-10(13)8-11/h6-8H,5H2,1-4H3. The average Bonchev–Trinajstić information content (AvgIpc) is 2.15. The number of halogens is 1. The van der Waals surface area contributed by atoms with Crippen molar-refractivity contribution >= 4 is 25.8 Å². The summed E-state index contributed by atoms with van der Waals surface area (Å²) in [5.74, 6) is 0.132. The molecule has 90 valence electrons. The van der Waals surface area contributed by atoms with Crippen LogP contribution in [0.1, 0.15) is 33.3 Å². The van der Waals surface area contributed by atoms with Crippen LogP contribution in [0.15, 0.2) is 27.6 Å². The third kappa shape index (κ3) is 3.08. The summed E-state index contributed by atoms with van der Waals surface area (Å²) in [5.41, 5.74) is 0.968. The lowest BCUT2D eigenvalue weighted by atomic mass is 9.87. The summed E-state index contributed by atoms with van der Waals surface area (Å²) < 4.78 is 24.4. The number of benzene rings is 1. The van der Waals surface area contributed by atoms with Crippen molar-refractivity contribution in [1.82, 2.24) is 0 Å². The van der Waals surface area contributed by atoms with E-state index in [2.05, 4.69) is 36.7 Å². The van der Waals surface area contributed by atoms with Crippen molar-refractivity contribution in [3.05, 3.63) is 28.2 Å². The summed E-state index contributed by atoms with van der Waals surface area (Å²) in [7, 11) is -3.13. The molecule has 0 spiro atoms. The molecule has 1 rings (SSSR count). The van der Waals surface area contributed by atoms with Crippen molar-refractivity contribution in [3.63, 3.8) is 0 Å². The van der Waals surface area contributed by atoms with Crippen LogP contribution in [0.2, 0.25) is 0 Å². The van der Waals surface area contributed by atoms with Crippen LogP contribution in [0.3, 0.4) is 0 Å². The number of hydrogen-bond donors (Lipinski definition) is 0. The third-order valence-electron chi connectivity index (χ3n) is 2.48. The van der Waals surface area contributed by atoms with Crippen LogP contribution in [0.25, 0.3) is 0 Å². The molecule has 0 bridgehead atoms. The first kappa shape index (κ1) is 13.7. The maximum Gasteiger partial charge on any atom is 0.178 e. The van der Waals surface area contributed by atoms with E-state index in [9.17, 15) is 8.42 Å². The molecule has 1 aromatic rings. The second kappa shape index (κ2) is 4.49. The second-order valence-electron chi connectivity index (χ2n) is 4.83. The summed E-state index contributed by atoms with van der Waals surface area (Å²) in [6.07, 6.45) is 0. The molecule has 16 heavy (non-hydrogen) atoms. The zero-order valence-electron chi connectivity index (χ0n) is 10.0. The van der Waals surface area contributed by atoms with E-state index in [1.54, 1.807) is 19.1 Å². The Morgan fingerprint density at radius 2 is 1.75 bits per heavy atom. The van der Waals surface area contributed by atoms with Crippen molar-refractivity contribution in [3.8, 4) is 0 Å². The minimum Gasteiger partial charge on any atom is -0.224 e. The fraction of sp³-hybridized carbons (Fsp3) is 0.500. The minimum atomic E-state index is -3.13. The van der Waals surface area contributed by atoms with Gasteiger partial charge in [0.25, 0.3) is 0 Å². The molecule has 0 radical (unpaired) electrons. The monoisotopic (exact) mass is 304 g/mol. The Labute approximate surface area is 106 Å². The maximum atomic E-state index is 11.8. The first-order valence-electron chi connectivity index (χ1n) is 5.20. The molecule has 4 heteroatoms. The van der Waals surface area contributed by atoms with Crippen LogP contribution < -0.4 is 0 Å². The second-order valence-corrected chi connectivity index (χ2v) is 8.02. The molecular weight excluding hydrogens is 288 g/mol. The molecule has 0 N–H and O–H groups in total. The average molecular weight is 305 g/mol. The minimum absolute atomic E-state index is 0.0538. The fourth-order valence-corrected chi connectivity index (χ4v) is 2.93. The Morgan fingerprint density at radius 3 is 2.19 bits per heavy atom. The molecule has 0 saturated heterocycles. The Morgan fingerprint density at radius 1 is 1.19 bits per heavy atom. The highest BCUT2D eigenvalue weighted by Crippen LogP contribution is 2.28. The topological polar surface area (TPSA) is 34.1 Å². The first-order valence-corrected chi connectivity index (χ1v) is 7.65. The van der Waals surface area contributed by atoms with Gasteiger partial charge in [-0.25, -0.2) is 8.42 Å². The van der Waals surface area contributed by atoms with E-state index >= 15 is 0 Å². The van der Waals surface area contributed by atoms with Gasteiger partial charge in [0.05, 0.1) is 10.6 Å². The van der Waals surface area contributed by atoms with Gasteiger partial charge in [-0.1, -0.05) is 43.6 Å². The first-order chi connectivity index (χ1) is 7.16. The van der Waals surface area contributed by atoms with Gasteiger partial charge in [-0.3, -0.25) is 0 Å². The lowest BCUT2D eigenvalue weighted by Crippen LogP contribution is -2.13. The molecule has 0 aromatic heterocycles. The van der Waals surface area contributed by atoms with E-state index in [1.165, 1.54) is 0 Å². The Balaban J connectivity index is 3.41. The lowest BCUT2D eigenvalue weighted by molar-refractivity contribution is 0.583. The van der Waals surface area contributed by atoms with Crippen molar-refractivity contribution in [1.29, 1.82) is 0 Å². The van der Waals surface area contributed by atoms with Crippen LogP contribution >= 0.6 is 15.9 Å². The van der Waals surface area contributed by atoms with Crippen LogP contribution in [-0.2, 0) is 15.3 Å². The van der Waals surface area contributed by atoms with Crippen molar-refractivity contribution in [2.24, 2.45) is 0 Å². The molecule has 0 amide bonds. The van der Waals surface area contributed by atoms with E-state index in [1.807, 2.05) is 6.07 Å². The van der Waals surface area contributed by atoms with E-state index in [-0.39, 0.29) is 11.2 Å². The van der Waals surface area contributed by atoms with Gasteiger partial charge in [-0.05, 0) is 29.2 Å². The van der Waals surface area contributed by atoms with E-state index < -0.39 is 9.84 Å². The number of sulfone groups is 1. The van der Waals surface area contributed by atoms with Crippen molar-refractivity contribution < 1.29 is 8.42 Å². The highest BCUT2D eigenvalue weighted by molar-refractivity contribution is 9.10. The van der Waals surface area contributed by atoms with Gasteiger partial charge in [0.2, 0.25) is 0 Å². The Hall–Kier alpha value is -0.350. The molecule has 0 aliphatic rings. The van der Waals surface area contributed by atoms with Crippen molar-refractivity contribution in [2.75, 3.05) is 5.75 Å². The molecule has 0 heterocycles. The van der Waals surface area contributed by atoms with Crippen LogP contribution in [0.4, 0.5) is 0 Å². The van der Waals surface area contributed by atoms with E-state index in [4.69, 9.17) is 0 Å². The van der Waals surface area contributed by atoms with Gasteiger partial charge in [0.1, 0.15) is 0 Å². The lowest BCUT2D eigenvalue weighted by Gasteiger charge is -2.20. The smallest absolute Gasteiger partial charge is 0.178 e. The van der Waals surface area contributed by atoms with Crippen LogP contribution in [0, 0.1) is 0 Å². The summed E-state index contributed by atoms with van der Waals surface area (Å²) in [5, 5.41) is 0. The highest BCUT2D eigenvalue weighted by Gasteiger charge is 2.19. The summed E-state index contributed by atoms with van der Waals surface area (Å²) >= 11 is 3.36. The van der Waals surface area contributed by atoms with Crippen molar-refractivity contribution in [2.45, 2.75) is 38.0 Å². The Kier molecular flexibility index (Phi) is 3.85. The zero-order chi connectivity index (χ0) is 12.6. The van der Waals surface area contributed by atoms with E-state index in [0.717, 1.165) is 10.0 Å². The largest absolute Gasteiger partial charge is 0.224 e. The SMILES string of the molecule is CCS(=O)(=O)c1cc(Br)cc(C(C)(C)C)c1. The molecule has 0 atom stereocenters. The Bertz CT molecular complexity index is 484. The summed E-state index contributed by atoms with van der Waals surface area (Å²) in [6.45, 7) is 7.86. The van der Waals surface area contributed by atoms with Gasteiger partial charge in [0, 0.05) is 4.47 Å². The maximum absolute atomic E-state index is 11.8. The molecular formula is C12H17BrO2S. The predicted molar refractivity (Wildman–Crippen MR) is 70.6 cm³/mol. The molecule has 0 aliphatic carbocycles. The molecule has 1 aromatic carbocycles. The highest BCUT2D eigenvalue weighted by atomic mass is 79.9. The summed E-state index contributed by atoms with van der Waals surface area (Å²) in [4.78, 5) is 0.398. The van der Waals surface area contributed by atoms with E-state index in [0.29, 0.717) is 4.90 Å². The third-order valence-corrected chi connectivity index (χ3v) is 4.65. The number of hydrogen-bond acceptors (Lipinski definition) is 2. The normalized spacial score (nSPS) is 12.8. The molecule has 2 nitrogen and oxygen atoms in total. The molecule has 0 unspecified atom stereocenters. The zero-order valence-corrected chi connectivity index (χ0v) is 12.4. The van der Waals surface area contributed by atoms with Gasteiger partial charge in [0.15, 0.2) is 9.84 Å².